The van der Waals surface area contributed by atoms with Gasteiger partial charge in [-0.1, -0.05) is 48.5 Å². The van der Waals surface area contributed by atoms with Crippen LogP contribution in [0.2, 0.25) is 0 Å². The maximum Gasteiger partial charge on any atom is 0.248 e. The van der Waals surface area contributed by atoms with Crippen molar-refractivity contribution in [3.63, 3.8) is 0 Å². The number of hydrogen-bond acceptors (Lipinski definition) is 4. The monoisotopic (exact) mass is 410 g/mol. The highest BCUT2D eigenvalue weighted by Gasteiger charge is 2.23. The molecule has 6 heteroatoms. The largest absolute Gasteiger partial charge is 0.491 e. The molecule has 0 radical (unpaired) electrons. The average molecular weight is 411 g/mol. The third-order valence-corrected chi connectivity index (χ3v) is 5.15. The Morgan fingerprint density at radius 3 is 2.03 bits per heavy atom. The zero-order valence-corrected chi connectivity index (χ0v) is 17.4. The fourth-order valence-corrected chi connectivity index (χ4v) is 3.44. The first-order valence-corrected chi connectivity index (χ1v) is 10.6. The molecule has 1 aliphatic heterocycles. The van der Waals surface area contributed by atoms with E-state index < -0.39 is 0 Å². The maximum atomic E-state index is 12.4. The smallest absolute Gasteiger partial charge is 0.248 e. The van der Waals surface area contributed by atoms with Crippen LogP contribution in [-0.2, 0) is 20.7 Å². The van der Waals surface area contributed by atoms with Gasteiger partial charge in [0, 0.05) is 32.6 Å². The fraction of sp³-hybridized carbons (Fsp3) is 0.417. The highest BCUT2D eigenvalue weighted by Crippen LogP contribution is 2.10. The van der Waals surface area contributed by atoms with Crippen LogP contribution in [0.1, 0.15) is 18.4 Å². The molecule has 1 saturated heterocycles. The predicted octanol–water partition coefficient (Wildman–Crippen LogP) is 2.78. The number of hydrogen-bond donors (Lipinski definition) is 0. The Morgan fingerprint density at radius 1 is 0.767 bits per heavy atom. The highest BCUT2D eigenvalue weighted by molar-refractivity contribution is 5.79. The van der Waals surface area contributed by atoms with Crippen molar-refractivity contribution in [1.82, 2.24) is 9.80 Å². The summed E-state index contributed by atoms with van der Waals surface area (Å²) in [6.07, 6.45) is 2.31. The normalized spacial score (nSPS) is 13.9. The molecule has 3 rings (SSSR count). The number of para-hydroxylation sites is 1. The van der Waals surface area contributed by atoms with Gasteiger partial charge in [-0.3, -0.25) is 9.59 Å². The van der Waals surface area contributed by atoms with Gasteiger partial charge in [0.15, 0.2) is 0 Å². The summed E-state index contributed by atoms with van der Waals surface area (Å²) in [6, 6.07) is 19.7. The summed E-state index contributed by atoms with van der Waals surface area (Å²) in [5, 5.41) is 0. The molecule has 1 fully saturated rings. The van der Waals surface area contributed by atoms with Crippen molar-refractivity contribution in [2.45, 2.75) is 19.3 Å². The lowest BCUT2D eigenvalue weighted by atomic mass is 10.1. The topological polar surface area (TPSA) is 59.1 Å². The molecule has 0 aromatic heterocycles. The van der Waals surface area contributed by atoms with E-state index in [1.54, 1.807) is 4.90 Å². The Kier molecular flexibility index (Phi) is 8.72. The van der Waals surface area contributed by atoms with E-state index >= 15 is 0 Å². The minimum atomic E-state index is -0.0362. The molecule has 1 heterocycles. The van der Waals surface area contributed by atoms with Crippen LogP contribution in [0.25, 0.3) is 0 Å². The second kappa shape index (κ2) is 12.0. The molecule has 2 aromatic carbocycles. The quantitative estimate of drug-likeness (QED) is 0.565. The lowest BCUT2D eigenvalue weighted by Gasteiger charge is -2.34. The van der Waals surface area contributed by atoms with Gasteiger partial charge in [-0.2, -0.15) is 0 Å². The van der Waals surface area contributed by atoms with Crippen LogP contribution < -0.4 is 4.74 Å². The maximum absolute atomic E-state index is 12.4. The number of amides is 2. The predicted molar refractivity (Wildman–Crippen MR) is 115 cm³/mol. The van der Waals surface area contributed by atoms with Crippen molar-refractivity contribution in [3.05, 3.63) is 66.2 Å². The number of piperazine rings is 1. The van der Waals surface area contributed by atoms with E-state index in [-0.39, 0.29) is 18.4 Å². The lowest BCUT2D eigenvalue weighted by Crippen LogP contribution is -2.51. The molecular weight excluding hydrogens is 380 g/mol. The lowest BCUT2D eigenvalue weighted by molar-refractivity contribution is -0.142. The minimum Gasteiger partial charge on any atom is -0.491 e. The molecule has 0 spiro atoms. The molecule has 6 nitrogen and oxygen atoms in total. The van der Waals surface area contributed by atoms with Crippen LogP contribution in [0.4, 0.5) is 0 Å². The summed E-state index contributed by atoms with van der Waals surface area (Å²) in [5.41, 5.74) is 1.26. The van der Waals surface area contributed by atoms with E-state index in [9.17, 15) is 9.59 Å². The van der Waals surface area contributed by atoms with Gasteiger partial charge in [-0.25, -0.2) is 0 Å². The molecule has 0 saturated carbocycles. The van der Waals surface area contributed by atoms with Crippen LogP contribution in [0.3, 0.4) is 0 Å². The molecule has 2 aromatic rings. The Morgan fingerprint density at radius 2 is 1.37 bits per heavy atom. The summed E-state index contributed by atoms with van der Waals surface area (Å²) in [5.74, 6) is 0.926. The Balaban J connectivity index is 1.26. The van der Waals surface area contributed by atoms with Crippen molar-refractivity contribution < 1.29 is 19.1 Å². The summed E-state index contributed by atoms with van der Waals surface area (Å²) in [7, 11) is 0. The van der Waals surface area contributed by atoms with Gasteiger partial charge in [0.1, 0.15) is 19.0 Å². The molecule has 0 atom stereocenters. The highest BCUT2D eigenvalue weighted by atomic mass is 16.5. The van der Waals surface area contributed by atoms with Gasteiger partial charge in [0.05, 0.1) is 6.61 Å². The van der Waals surface area contributed by atoms with Crippen molar-refractivity contribution in [3.8, 4) is 5.75 Å². The number of carbonyl (C=O) groups is 2. The SMILES string of the molecule is O=C(CCCc1ccccc1)N1CCN(C(=O)COCCOc2ccccc2)CC1. The third-order valence-electron chi connectivity index (χ3n) is 5.15. The first-order valence-electron chi connectivity index (χ1n) is 10.6. The van der Waals surface area contributed by atoms with Crippen molar-refractivity contribution in [2.24, 2.45) is 0 Å². The van der Waals surface area contributed by atoms with Crippen LogP contribution in [0.5, 0.6) is 5.75 Å². The van der Waals surface area contributed by atoms with E-state index in [0.29, 0.717) is 45.8 Å². The van der Waals surface area contributed by atoms with E-state index in [4.69, 9.17) is 9.47 Å². The summed E-state index contributed by atoms with van der Waals surface area (Å²) < 4.78 is 11.0. The van der Waals surface area contributed by atoms with Gasteiger partial charge in [0.2, 0.25) is 11.8 Å². The van der Waals surface area contributed by atoms with Crippen molar-refractivity contribution in [1.29, 1.82) is 0 Å². The molecule has 1 aliphatic rings. The minimum absolute atomic E-state index is 0.0362. The summed E-state index contributed by atoms with van der Waals surface area (Å²) in [4.78, 5) is 28.3. The number of carbonyl (C=O) groups excluding carboxylic acids is 2. The zero-order chi connectivity index (χ0) is 21.0. The molecule has 160 valence electrons. The van der Waals surface area contributed by atoms with Crippen LogP contribution in [0, 0.1) is 0 Å². The van der Waals surface area contributed by atoms with E-state index in [2.05, 4.69) is 12.1 Å². The van der Waals surface area contributed by atoms with Gasteiger partial charge in [0.25, 0.3) is 0 Å². The van der Waals surface area contributed by atoms with Crippen molar-refractivity contribution in [2.75, 3.05) is 46.0 Å². The molecule has 0 N–H and O–H groups in total. The van der Waals surface area contributed by atoms with Gasteiger partial charge in [-0.15, -0.1) is 0 Å². The summed E-state index contributed by atoms with van der Waals surface area (Å²) in [6.45, 7) is 3.12. The second-order valence-electron chi connectivity index (χ2n) is 7.31. The number of aryl methyl sites for hydroxylation is 1. The second-order valence-corrected chi connectivity index (χ2v) is 7.31. The van der Waals surface area contributed by atoms with Crippen LogP contribution >= 0.6 is 0 Å². The molecule has 30 heavy (non-hydrogen) atoms. The standard InChI is InChI=1S/C24H30N2O4/c27-23(13-7-10-21-8-3-1-4-9-21)25-14-16-26(17-15-25)24(28)20-29-18-19-30-22-11-5-2-6-12-22/h1-6,8-9,11-12H,7,10,13-20H2. The molecule has 0 bridgehead atoms. The van der Waals surface area contributed by atoms with Crippen LogP contribution in [0.15, 0.2) is 60.7 Å². The number of rotatable bonds is 10. The first kappa shape index (κ1) is 21.8. The first-order chi connectivity index (χ1) is 14.7. The Labute approximate surface area is 178 Å². The van der Waals surface area contributed by atoms with Gasteiger partial charge >= 0.3 is 0 Å². The zero-order valence-electron chi connectivity index (χ0n) is 17.4. The van der Waals surface area contributed by atoms with Gasteiger partial charge < -0.3 is 19.3 Å². The number of ether oxygens (including phenoxy) is 2. The molecule has 2 amide bonds. The summed E-state index contributed by atoms with van der Waals surface area (Å²) >= 11 is 0. The Bertz CT molecular complexity index is 774. The number of benzene rings is 2. The molecular formula is C24H30N2O4. The van der Waals surface area contributed by atoms with Crippen LogP contribution in [-0.4, -0.2) is 67.6 Å². The third kappa shape index (κ3) is 7.19. The van der Waals surface area contributed by atoms with E-state index in [1.807, 2.05) is 53.4 Å². The van der Waals surface area contributed by atoms with E-state index in [1.165, 1.54) is 5.56 Å². The molecule has 0 unspecified atom stereocenters. The molecule has 0 aliphatic carbocycles. The fourth-order valence-electron chi connectivity index (χ4n) is 3.44. The van der Waals surface area contributed by atoms with E-state index in [0.717, 1.165) is 18.6 Å². The number of nitrogens with zero attached hydrogens (tertiary/aromatic N) is 2. The average Bonchev–Trinajstić information content (AvgIpc) is 2.80. The van der Waals surface area contributed by atoms with Crippen molar-refractivity contribution >= 4 is 11.8 Å². The van der Waals surface area contributed by atoms with Gasteiger partial charge in [-0.05, 0) is 30.5 Å². The Hall–Kier alpha value is -2.86.